The number of carbonyl (C=O) groups is 2. The quantitative estimate of drug-likeness (QED) is 0.246. The van der Waals surface area contributed by atoms with Crippen LogP contribution < -0.4 is 10.1 Å². The van der Waals surface area contributed by atoms with Crippen LogP contribution in [0.5, 0.6) is 5.75 Å². The molecule has 0 aromatic heterocycles. The first kappa shape index (κ1) is 31.1. The fourth-order valence-corrected chi connectivity index (χ4v) is 5.81. The summed E-state index contributed by atoms with van der Waals surface area (Å²) in [6.07, 6.45) is 5.76. The summed E-state index contributed by atoms with van der Waals surface area (Å²) in [6.45, 7) is 6.53. The van der Waals surface area contributed by atoms with Crippen LogP contribution in [0.2, 0.25) is 5.02 Å². The van der Waals surface area contributed by atoms with E-state index in [1.54, 1.807) is 17.0 Å². The van der Waals surface area contributed by atoms with Gasteiger partial charge in [0.15, 0.2) is 6.61 Å². The lowest BCUT2D eigenvalue weighted by atomic mass is 9.87. The largest absolute Gasteiger partial charge is 0.483 e. The molecule has 0 spiro atoms. The minimum atomic E-state index is -0.696. The first-order valence-corrected chi connectivity index (χ1v) is 15.6. The van der Waals surface area contributed by atoms with Gasteiger partial charge >= 0.3 is 0 Å². The molecule has 1 aliphatic rings. The van der Waals surface area contributed by atoms with Crippen LogP contribution in [0.1, 0.15) is 69.6 Å². The van der Waals surface area contributed by atoms with Gasteiger partial charge in [0.1, 0.15) is 11.8 Å². The number of ether oxygens (including phenoxy) is 1. The molecule has 3 aromatic carbocycles. The van der Waals surface area contributed by atoms with E-state index in [0.29, 0.717) is 17.2 Å². The van der Waals surface area contributed by atoms with Crippen molar-refractivity contribution in [2.75, 3.05) is 6.61 Å². The Morgan fingerprint density at radius 1 is 0.976 bits per heavy atom. The summed E-state index contributed by atoms with van der Waals surface area (Å²) < 4.78 is 6.83. The first-order chi connectivity index (χ1) is 19.6. The van der Waals surface area contributed by atoms with Crippen LogP contribution in [-0.2, 0) is 28.0 Å². The van der Waals surface area contributed by atoms with E-state index < -0.39 is 6.04 Å². The monoisotopic (exact) mass is 638 g/mol. The second-order valence-corrected chi connectivity index (χ2v) is 13.2. The fourth-order valence-electron chi connectivity index (χ4n) is 5.19. The van der Waals surface area contributed by atoms with E-state index in [9.17, 15) is 9.59 Å². The van der Waals surface area contributed by atoms with Gasteiger partial charge in [0.05, 0.1) is 4.47 Å². The Kier molecular flexibility index (Phi) is 10.9. The molecule has 3 aromatic rings. The van der Waals surface area contributed by atoms with Crippen LogP contribution in [0.3, 0.4) is 0 Å². The molecule has 218 valence electrons. The van der Waals surface area contributed by atoms with Gasteiger partial charge in [0, 0.05) is 24.0 Å². The zero-order valence-electron chi connectivity index (χ0n) is 24.2. The zero-order valence-corrected chi connectivity index (χ0v) is 26.5. The number of nitrogens with one attached hydrogen (secondary N) is 1. The van der Waals surface area contributed by atoms with Crippen LogP contribution in [0.4, 0.5) is 0 Å². The van der Waals surface area contributed by atoms with E-state index in [1.807, 2.05) is 60.7 Å². The molecule has 0 bridgehead atoms. The summed E-state index contributed by atoms with van der Waals surface area (Å²) in [4.78, 5) is 29.5. The lowest BCUT2D eigenvalue weighted by molar-refractivity contribution is -0.143. The van der Waals surface area contributed by atoms with Gasteiger partial charge in [-0.15, -0.1) is 0 Å². The number of hydrogen-bond donors (Lipinski definition) is 1. The molecular weight excluding hydrogens is 600 g/mol. The van der Waals surface area contributed by atoms with Gasteiger partial charge in [-0.25, -0.2) is 0 Å². The molecule has 1 atom stereocenters. The maximum Gasteiger partial charge on any atom is 0.261 e. The van der Waals surface area contributed by atoms with Gasteiger partial charge in [-0.2, -0.15) is 0 Å². The third-order valence-electron chi connectivity index (χ3n) is 7.64. The van der Waals surface area contributed by atoms with E-state index in [1.165, 1.54) is 6.42 Å². The second-order valence-electron chi connectivity index (χ2n) is 11.9. The Morgan fingerprint density at radius 2 is 1.66 bits per heavy atom. The summed E-state index contributed by atoms with van der Waals surface area (Å²) in [7, 11) is 0. The summed E-state index contributed by atoms with van der Waals surface area (Å²) in [5.74, 6) is 0.203. The van der Waals surface area contributed by atoms with Crippen LogP contribution >= 0.6 is 27.5 Å². The predicted octanol–water partition coefficient (Wildman–Crippen LogP) is 7.87. The Morgan fingerprint density at radius 3 is 2.29 bits per heavy atom. The van der Waals surface area contributed by atoms with Crippen molar-refractivity contribution in [1.82, 2.24) is 10.2 Å². The fraction of sp³-hybridized carbons (Fsp3) is 0.412. The standard InChI is InChI=1S/C34H40BrClN2O3/c1-34(2,3)26-16-19-31(29(35)21-26)41-23-32(39)38(22-25-14-17-27(36)18-15-25)30(20-24-10-6-4-7-11-24)33(40)37-28-12-8-5-9-13-28/h4,6-7,10-11,14-19,21,28,30H,5,8-9,12-13,20,22-23H2,1-3H3,(H,37,40)/t30-/m0/s1. The van der Waals surface area contributed by atoms with Crippen molar-refractivity contribution in [1.29, 1.82) is 0 Å². The highest BCUT2D eigenvalue weighted by atomic mass is 79.9. The van der Waals surface area contributed by atoms with E-state index >= 15 is 0 Å². The van der Waals surface area contributed by atoms with Gasteiger partial charge in [-0.3, -0.25) is 9.59 Å². The summed E-state index contributed by atoms with van der Waals surface area (Å²) in [6, 6.07) is 22.6. The first-order valence-electron chi connectivity index (χ1n) is 14.4. The van der Waals surface area contributed by atoms with Gasteiger partial charge in [-0.1, -0.05) is 100 Å². The number of hydrogen-bond acceptors (Lipinski definition) is 3. The highest BCUT2D eigenvalue weighted by Crippen LogP contribution is 2.31. The molecule has 1 aliphatic carbocycles. The van der Waals surface area contributed by atoms with E-state index in [-0.39, 0.29) is 36.4 Å². The molecule has 7 heteroatoms. The molecular formula is C34H40BrClN2O3. The van der Waals surface area contributed by atoms with Crippen molar-refractivity contribution in [2.45, 2.75) is 83.3 Å². The third-order valence-corrected chi connectivity index (χ3v) is 8.51. The number of rotatable bonds is 10. The van der Waals surface area contributed by atoms with Gasteiger partial charge in [0.2, 0.25) is 5.91 Å². The average molecular weight is 640 g/mol. The lowest BCUT2D eigenvalue weighted by Gasteiger charge is -2.33. The molecule has 5 nitrogen and oxygen atoms in total. The summed E-state index contributed by atoms with van der Waals surface area (Å²) >= 11 is 9.75. The smallest absolute Gasteiger partial charge is 0.261 e. The van der Waals surface area contributed by atoms with Crippen molar-refractivity contribution in [3.63, 3.8) is 0 Å². The van der Waals surface area contributed by atoms with Crippen molar-refractivity contribution in [3.8, 4) is 5.75 Å². The van der Waals surface area contributed by atoms with E-state index in [4.69, 9.17) is 16.3 Å². The molecule has 0 saturated heterocycles. The Hall–Kier alpha value is -2.83. The molecule has 41 heavy (non-hydrogen) atoms. The predicted molar refractivity (Wildman–Crippen MR) is 169 cm³/mol. The average Bonchev–Trinajstić information content (AvgIpc) is 2.95. The van der Waals surface area contributed by atoms with Crippen LogP contribution in [0.15, 0.2) is 77.3 Å². The van der Waals surface area contributed by atoms with Crippen LogP contribution in [-0.4, -0.2) is 35.4 Å². The molecule has 1 saturated carbocycles. The Labute approximate surface area is 257 Å². The molecule has 1 fully saturated rings. The second kappa shape index (κ2) is 14.4. The lowest BCUT2D eigenvalue weighted by Crippen LogP contribution is -2.53. The molecule has 1 N–H and O–H groups in total. The number of nitrogens with zero attached hydrogens (tertiary/aromatic N) is 1. The molecule has 0 unspecified atom stereocenters. The van der Waals surface area contributed by atoms with Gasteiger partial charge in [-0.05, 0) is 75.1 Å². The number of carbonyl (C=O) groups excluding carboxylic acids is 2. The van der Waals surface area contributed by atoms with Gasteiger partial charge < -0.3 is 15.0 Å². The normalized spacial score (nSPS) is 14.8. The maximum absolute atomic E-state index is 13.9. The zero-order chi connectivity index (χ0) is 29.4. The van der Waals surface area contributed by atoms with Crippen molar-refractivity contribution < 1.29 is 14.3 Å². The van der Waals surface area contributed by atoms with Crippen molar-refractivity contribution >= 4 is 39.3 Å². The van der Waals surface area contributed by atoms with Crippen molar-refractivity contribution in [2.24, 2.45) is 0 Å². The van der Waals surface area contributed by atoms with E-state index in [2.05, 4.69) is 42.0 Å². The molecule has 2 amide bonds. The molecule has 0 radical (unpaired) electrons. The van der Waals surface area contributed by atoms with Gasteiger partial charge in [0.25, 0.3) is 5.91 Å². The minimum absolute atomic E-state index is 0.0113. The number of amides is 2. The van der Waals surface area contributed by atoms with Crippen LogP contribution in [0, 0.1) is 0 Å². The number of halogens is 2. The molecule has 4 rings (SSSR count). The third kappa shape index (κ3) is 9.08. The Balaban J connectivity index is 1.60. The molecule has 0 heterocycles. The maximum atomic E-state index is 13.9. The van der Waals surface area contributed by atoms with Crippen molar-refractivity contribution in [3.05, 3.63) is 99.0 Å². The molecule has 0 aliphatic heterocycles. The summed E-state index contributed by atoms with van der Waals surface area (Å²) in [5.41, 5.74) is 3.03. The SMILES string of the molecule is CC(C)(C)c1ccc(OCC(=O)N(Cc2ccc(Cl)cc2)[C@@H](Cc2ccccc2)C(=O)NC2CCCCC2)c(Br)c1. The minimum Gasteiger partial charge on any atom is -0.483 e. The Bertz CT molecular complexity index is 1300. The number of benzene rings is 3. The highest BCUT2D eigenvalue weighted by molar-refractivity contribution is 9.10. The highest BCUT2D eigenvalue weighted by Gasteiger charge is 2.32. The summed E-state index contributed by atoms with van der Waals surface area (Å²) in [5, 5.41) is 3.89. The van der Waals surface area contributed by atoms with E-state index in [0.717, 1.165) is 46.8 Å². The topological polar surface area (TPSA) is 58.6 Å². The van der Waals surface area contributed by atoms with Crippen LogP contribution in [0.25, 0.3) is 0 Å².